The molecule has 0 aliphatic rings. The molecule has 2 heterocycles. The van der Waals surface area contributed by atoms with Gasteiger partial charge in [0.05, 0.1) is 25.4 Å². The molecule has 0 fully saturated rings. The van der Waals surface area contributed by atoms with Gasteiger partial charge in [0, 0.05) is 11.8 Å². The number of benzene rings is 2. The number of amides is 1. The molecule has 1 N–H and O–H groups in total. The molecule has 9 heteroatoms. The number of thiophene rings is 1. The molecule has 33 heavy (non-hydrogen) atoms. The molecular formula is C24H23N3O5S. The van der Waals surface area contributed by atoms with Crippen LogP contribution in [0.15, 0.2) is 57.4 Å². The summed E-state index contributed by atoms with van der Waals surface area (Å²) in [5.74, 6) is 0.589. The summed E-state index contributed by atoms with van der Waals surface area (Å²) in [6, 6.07) is 12.2. The normalized spacial score (nSPS) is 10.9. The topological polar surface area (TPSA) is 91.6 Å². The van der Waals surface area contributed by atoms with E-state index in [0.29, 0.717) is 33.1 Å². The molecule has 0 saturated heterocycles. The van der Waals surface area contributed by atoms with E-state index in [9.17, 15) is 14.4 Å². The number of aryl methyl sites for hydroxylation is 2. The third-order valence-corrected chi connectivity index (χ3v) is 6.08. The zero-order valence-corrected chi connectivity index (χ0v) is 19.5. The molecule has 1 amide bonds. The van der Waals surface area contributed by atoms with Crippen LogP contribution in [0.25, 0.3) is 15.9 Å². The first kappa shape index (κ1) is 22.3. The zero-order valence-electron chi connectivity index (χ0n) is 18.7. The molecule has 0 bridgehead atoms. The molecule has 4 rings (SSSR count). The number of hydrogen-bond donors (Lipinski definition) is 1. The summed E-state index contributed by atoms with van der Waals surface area (Å²) in [4.78, 5) is 39.4. The van der Waals surface area contributed by atoms with Crippen molar-refractivity contribution in [2.45, 2.75) is 20.4 Å². The highest BCUT2D eigenvalue weighted by molar-refractivity contribution is 7.17. The Morgan fingerprint density at radius 3 is 2.33 bits per heavy atom. The van der Waals surface area contributed by atoms with Crippen LogP contribution in [0.2, 0.25) is 0 Å². The van der Waals surface area contributed by atoms with E-state index in [1.807, 2.05) is 19.9 Å². The summed E-state index contributed by atoms with van der Waals surface area (Å²) in [5, 5.41) is 4.51. The van der Waals surface area contributed by atoms with Gasteiger partial charge in [-0.1, -0.05) is 6.07 Å². The number of anilines is 1. The third-order valence-electron chi connectivity index (χ3n) is 5.19. The van der Waals surface area contributed by atoms with Crippen LogP contribution in [0.1, 0.15) is 11.1 Å². The van der Waals surface area contributed by atoms with Crippen molar-refractivity contribution in [2.75, 3.05) is 19.5 Å². The van der Waals surface area contributed by atoms with Gasteiger partial charge in [-0.05, 0) is 60.7 Å². The van der Waals surface area contributed by atoms with Crippen LogP contribution >= 0.6 is 11.3 Å². The molecule has 0 unspecified atom stereocenters. The van der Waals surface area contributed by atoms with Gasteiger partial charge in [-0.15, -0.1) is 11.3 Å². The van der Waals surface area contributed by atoms with E-state index < -0.39 is 17.2 Å². The second kappa shape index (κ2) is 8.95. The van der Waals surface area contributed by atoms with Crippen LogP contribution in [-0.4, -0.2) is 29.3 Å². The van der Waals surface area contributed by atoms with Crippen molar-refractivity contribution < 1.29 is 14.3 Å². The maximum absolute atomic E-state index is 13.4. The fourth-order valence-electron chi connectivity index (χ4n) is 3.81. The highest BCUT2D eigenvalue weighted by Gasteiger charge is 2.18. The van der Waals surface area contributed by atoms with Gasteiger partial charge >= 0.3 is 5.69 Å². The smallest absolute Gasteiger partial charge is 0.336 e. The van der Waals surface area contributed by atoms with E-state index in [1.165, 1.54) is 30.1 Å². The van der Waals surface area contributed by atoms with Crippen LogP contribution in [-0.2, 0) is 11.3 Å². The van der Waals surface area contributed by atoms with Crippen molar-refractivity contribution in [1.29, 1.82) is 0 Å². The summed E-state index contributed by atoms with van der Waals surface area (Å²) in [7, 11) is 3.03. The average Bonchev–Trinajstić information content (AvgIpc) is 3.26. The van der Waals surface area contributed by atoms with Crippen molar-refractivity contribution in [2.24, 2.45) is 0 Å². The molecule has 0 saturated carbocycles. The van der Waals surface area contributed by atoms with Gasteiger partial charge in [-0.2, -0.15) is 0 Å². The fraction of sp³-hybridized carbons (Fsp3) is 0.208. The molecule has 0 radical (unpaired) electrons. The monoisotopic (exact) mass is 465 g/mol. The first-order valence-corrected chi connectivity index (χ1v) is 11.0. The minimum absolute atomic E-state index is 0.258. The Labute approximate surface area is 193 Å². The average molecular weight is 466 g/mol. The predicted octanol–water partition coefficient (Wildman–Crippen LogP) is 3.49. The van der Waals surface area contributed by atoms with Gasteiger partial charge in [0.15, 0.2) is 11.5 Å². The quantitative estimate of drug-likeness (QED) is 0.471. The second-order valence-corrected chi connectivity index (χ2v) is 8.52. The number of ether oxygens (including phenoxy) is 2. The Kier molecular flexibility index (Phi) is 6.06. The van der Waals surface area contributed by atoms with Gasteiger partial charge in [0.1, 0.15) is 11.2 Å². The number of methoxy groups -OCH3 is 2. The summed E-state index contributed by atoms with van der Waals surface area (Å²) in [5.41, 5.74) is 2.30. The number of nitrogens with one attached hydrogen (secondary N) is 1. The van der Waals surface area contributed by atoms with Crippen LogP contribution in [0, 0.1) is 13.8 Å². The molecule has 2 aromatic heterocycles. The number of carbonyl (C=O) groups is 1. The van der Waals surface area contributed by atoms with Crippen LogP contribution < -0.4 is 26.0 Å². The largest absolute Gasteiger partial charge is 0.493 e. The Hall–Kier alpha value is -3.85. The van der Waals surface area contributed by atoms with E-state index in [4.69, 9.17) is 9.47 Å². The van der Waals surface area contributed by atoms with Crippen molar-refractivity contribution in [3.8, 4) is 17.2 Å². The van der Waals surface area contributed by atoms with Gasteiger partial charge in [-0.3, -0.25) is 14.2 Å². The molecule has 0 atom stereocenters. The minimum atomic E-state index is -0.571. The lowest BCUT2D eigenvalue weighted by Crippen LogP contribution is -2.40. The summed E-state index contributed by atoms with van der Waals surface area (Å²) >= 11 is 1.24. The lowest BCUT2D eigenvalue weighted by Gasteiger charge is -2.14. The van der Waals surface area contributed by atoms with Crippen LogP contribution in [0.4, 0.5) is 5.69 Å². The first-order chi connectivity index (χ1) is 15.8. The van der Waals surface area contributed by atoms with E-state index >= 15 is 0 Å². The Balaban J connectivity index is 1.75. The van der Waals surface area contributed by atoms with Crippen molar-refractivity contribution in [3.63, 3.8) is 0 Å². The Morgan fingerprint density at radius 2 is 1.67 bits per heavy atom. The number of nitrogens with zero attached hydrogens (tertiary/aromatic N) is 2. The molecule has 2 aromatic carbocycles. The number of carbonyl (C=O) groups excluding carboxylic acids is 1. The standard InChI is InChI=1S/C24H23N3O5S/c1-14-9-15(2)11-17(10-14)27-23(29)22-18(7-8-33-22)26(24(27)30)13-21(28)25-16-5-6-19(31-3)20(12-16)32-4/h5-12H,13H2,1-4H3,(H,25,28). The highest BCUT2D eigenvalue weighted by Crippen LogP contribution is 2.29. The molecule has 4 aromatic rings. The summed E-state index contributed by atoms with van der Waals surface area (Å²) < 4.78 is 13.3. The Bertz CT molecular complexity index is 1460. The summed E-state index contributed by atoms with van der Waals surface area (Å²) in [6.07, 6.45) is 0. The Morgan fingerprint density at radius 1 is 0.970 bits per heavy atom. The van der Waals surface area contributed by atoms with Gasteiger partial charge < -0.3 is 14.8 Å². The first-order valence-electron chi connectivity index (χ1n) is 10.2. The number of hydrogen-bond acceptors (Lipinski definition) is 6. The third kappa shape index (κ3) is 4.27. The molecule has 170 valence electrons. The van der Waals surface area contributed by atoms with Crippen molar-refractivity contribution in [3.05, 3.63) is 79.8 Å². The SMILES string of the molecule is COc1ccc(NC(=O)Cn2c(=O)n(-c3cc(C)cc(C)c3)c(=O)c3sccc32)cc1OC. The molecule has 8 nitrogen and oxygen atoms in total. The number of aromatic nitrogens is 2. The minimum Gasteiger partial charge on any atom is -0.493 e. The maximum atomic E-state index is 13.4. The highest BCUT2D eigenvalue weighted by atomic mass is 32.1. The van der Waals surface area contributed by atoms with Crippen molar-refractivity contribution in [1.82, 2.24) is 9.13 Å². The molecule has 0 aliphatic heterocycles. The molecular weight excluding hydrogens is 442 g/mol. The van der Waals surface area contributed by atoms with Gasteiger partial charge in [-0.25, -0.2) is 9.36 Å². The van der Waals surface area contributed by atoms with Crippen LogP contribution in [0.3, 0.4) is 0 Å². The molecule has 0 spiro atoms. The number of fused-ring (bicyclic) bond motifs is 1. The second-order valence-electron chi connectivity index (χ2n) is 7.61. The lowest BCUT2D eigenvalue weighted by atomic mass is 10.1. The molecule has 0 aliphatic carbocycles. The number of rotatable bonds is 6. The lowest BCUT2D eigenvalue weighted by molar-refractivity contribution is -0.116. The zero-order chi connectivity index (χ0) is 23.7. The van der Waals surface area contributed by atoms with E-state index in [0.717, 1.165) is 15.7 Å². The van der Waals surface area contributed by atoms with E-state index in [1.54, 1.807) is 41.8 Å². The van der Waals surface area contributed by atoms with Crippen LogP contribution in [0.5, 0.6) is 11.5 Å². The fourth-order valence-corrected chi connectivity index (χ4v) is 4.63. The summed E-state index contributed by atoms with van der Waals surface area (Å²) in [6.45, 7) is 3.55. The van der Waals surface area contributed by atoms with Gasteiger partial charge in [0.2, 0.25) is 5.91 Å². The van der Waals surface area contributed by atoms with E-state index in [-0.39, 0.29) is 6.54 Å². The van der Waals surface area contributed by atoms with Gasteiger partial charge in [0.25, 0.3) is 5.56 Å². The predicted molar refractivity (Wildman–Crippen MR) is 129 cm³/mol. The van der Waals surface area contributed by atoms with E-state index in [2.05, 4.69) is 5.32 Å². The maximum Gasteiger partial charge on any atom is 0.336 e. The van der Waals surface area contributed by atoms with Crippen molar-refractivity contribution >= 4 is 33.1 Å².